The first-order valence-electron chi connectivity index (χ1n) is 9.44. The topological polar surface area (TPSA) is 61.4 Å². The number of aromatic nitrogens is 2. The van der Waals surface area contributed by atoms with Crippen LogP contribution in [0.4, 0.5) is 17.3 Å². The summed E-state index contributed by atoms with van der Waals surface area (Å²) >= 11 is 0. The molecule has 1 saturated heterocycles. The Bertz CT molecular complexity index is 935. The van der Waals surface area contributed by atoms with Crippen LogP contribution in [-0.2, 0) is 0 Å². The summed E-state index contributed by atoms with van der Waals surface area (Å²) in [6, 6.07) is 17.4. The van der Waals surface area contributed by atoms with E-state index in [-0.39, 0.29) is 5.91 Å². The van der Waals surface area contributed by atoms with Crippen LogP contribution in [0.25, 0.3) is 0 Å². The van der Waals surface area contributed by atoms with Crippen molar-refractivity contribution in [1.29, 1.82) is 0 Å². The highest BCUT2D eigenvalue weighted by molar-refractivity contribution is 6.04. The molecule has 1 aliphatic heterocycles. The van der Waals surface area contributed by atoms with Crippen LogP contribution in [0.2, 0.25) is 0 Å². The summed E-state index contributed by atoms with van der Waals surface area (Å²) in [4.78, 5) is 26.0. The zero-order valence-corrected chi connectivity index (χ0v) is 15.9. The average molecular weight is 373 g/mol. The Labute approximate surface area is 164 Å². The number of carbonyl (C=O) groups excluding carboxylic acids is 1. The van der Waals surface area contributed by atoms with Crippen molar-refractivity contribution in [2.75, 3.05) is 41.3 Å². The first-order valence-corrected chi connectivity index (χ1v) is 9.44. The first kappa shape index (κ1) is 18.0. The predicted octanol–water partition coefficient (Wildman–Crippen LogP) is 3.36. The number of hydrogen-bond acceptors (Lipinski definition) is 5. The molecule has 0 spiro atoms. The number of rotatable bonds is 4. The van der Waals surface area contributed by atoms with E-state index in [2.05, 4.69) is 25.1 Å². The highest BCUT2D eigenvalue weighted by Gasteiger charge is 2.19. The van der Waals surface area contributed by atoms with Crippen LogP contribution >= 0.6 is 0 Å². The number of aryl methyl sites for hydroxylation is 1. The number of anilines is 3. The van der Waals surface area contributed by atoms with E-state index in [0.29, 0.717) is 5.56 Å². The molecular formula is C22H23N5O. The summed E-state index contributed by atoms with van der Waals surface area (Å²) in [6.07, 6.45) is 3.52. The maximum atomic E-state index is 12.6. The molecule has 0 aliphatic carbocycles. The minimum absolute atomic E-state index is 0.125. The predicted molar refractivity (Wildman–Crippen MR) is 112 cm³/mol. The van der Waals surface area contributed by atoms with Gasteiger partial charge in [-0.25, -0.2) is 9.97 Å². The molecule has 6 heteroatoms. The smallest absolute Gasteiger partial charge is 0.255 e. The Morgan fingerprint density at radius 1 is 0.857 bits per heavy atom. The van der Waals surface area contributed by atoms with Crippen molar-refractivity contribution >= 4 is 23.2 Å². The second-order valence-corrected chi connectivity index (χ2v) is 6.88. The maximum Gasteiger partial charge on any atom is 0.255 e. The summed E-state index contributed by atoms with van der Waals surface area (Å²) in [5, 5.41) is 2.94. The van der Waals surface area contributed by atoms with Gasteiger partial charge < -0.3 is 15.1 Å². The van der Waals surface area contributed by atoms with Gasteiger partial charge in [-0.3, -0.25) is 4.79 Å². The number of benzene rings is 1. The first-order chi connectivity index (χ1) is 13.7. The van der Waals surface area contributed by atoms with Crippen molar-refractivity contribution in [3.63, 3.8) is 0 Å². The van der Waals surface area contributed by atoms with E-state index in [9.17, 15) is 4.79 Å². The van der Waals surface area contributed by atoms with Crippen LogP contribution < -0.4 is 15.1 Å². The van der Waals surface area contributed by atoms with E-state index in [1.54, 1.807) is 12.3 Å². The maximum absolute atomic E-state index is 12.6. The van der Waals surface area contributed by atoms with Crippen molar-refractivity contribution in [3.8, 4) is 0 Å². The molecule has 1 amide bonds. The van der Waals surface area contributed by atoms with Gasteiger partial charge in [-0.2, -0.15) is 0 Å². The van der Waals surface area contributed by atoms with E-state index in [4.69, 9.17) is 0 Å². The number of piperazine rings is 1. The molecule has 3 aromatic rings. The Morgan fingerprint density at radius 2 is 1.54 bits per heavy atom. The van der Waals surface area contributed by atoms with Crippen molar-refractivity contribution in [2.45, 2.75) is 6.92 Å². The monoisotopic (exact) mass is 373 g/mol. The van der Waals surface area contributed by atoms with E-state index in [0.717, 1.165) is 49.1 Å². The van der Waals surface area contributed by atoms with Crippen LogP contribution in [0.5, 0.6) is 0 Å². The molecule has 3 heterocycles. The number of pyridine rings is 2. The van der Waals surface area contributed by atoms with Gasteiger partial charge in [0.1, 0.15) is 11.6 Å². The lowest BCUT2D eigenvalue weighted by molar-refractivity contribution is 0.102. The summed E-state index contributed by atoms with van der Waals surface area (Å²) in [5.41, 5.74) is 2.56. The summed E-state index contributed by atoms with van der Waals surface area (Å²) in [7, 11) is 0. The second-order valence-electron chi connectivity index (χ2n) is 6.88. The van der Waals surface area contributed by atoms with Gasteiger partial charge in [0.2, 0.25) is 0 Å². The standard InChI is InChI=1S/C22H23N5O/c1-17-5-7-19(8-6-17)25-22(28)18-9-11-24-21(16-18)27-14-12-26(13-15-27)20-4-2-3-10-23-20/h2-11,16H,12-15H2,1H3,(H,25,28). The summed E-state index contributed by atoms with van der Waals surface area (Å²) in [6.45, 7) is 5.45. The Morgan fingerprint density at radius 3 is 2.21 bits per heavy atom. The van der Waals surface area contributed by atoms with Crippen LogP contribution in [-0.4, -0.2) is 42.1 Å². The number of hydrogen-bond donors (Lipinski definition) is 1. The van der Waals surface area contributed by atoms with Crippen molar-refractivity contribution < 1.29 is 4.79 Å². The molecule has 0 radical (unpaired) electrons. The minimum Gasteiger partial charge on any atom is -0.353 e. The quantitative estimate of drug-likeness (QED) is 0.760. The fourth-order valence-electron chi connectivity index (χ4n) is 3.28. The fourth-order valence-corrected chi connectivity index (χ4v) is 3.28. The van der Waals surface area contributed by atoms with Crippen molar-refractivity contribution in [1.82, 2.24) is 9.97 Å². The molecule has 0 atom stereocenters. The van der Waals surface area contributed by atoms with Gasteiger partial charge in [0.05, 0.1) is 0 Å². The van der Waals surface area contributed by atoms with Gasteiger partial charge in [0, 0.05) is 49.8 Å². The molecule has 6 nitrogen and oxygen atoms in total. The van der Waals surface area contributed by atoms with Gasteiger partial charge >= 0.3 is 0 Å². The van der Waals surface area contributed by atoms with E-state index < -0.39 is 0 Å². The lowest BCUT2D eigenvalue weighted by Crippen LogP contribution is -2.47. The molecule has 1 N–H and O–H groups in total. The fraction of sp³-hybridized carbons (Fsp3) is 0.227. The van der Waals surface area contributed by atoms with Crippen LogP contribution in [0.1, 0.15) is 15.9 Å². The van der Waals surface area contributed by atoms with Gasteiger partial charge in [0.15, 0.2) is 0 Å². The largest absolute Gasteiger partial charge is 0.353 e. The normalized spacial score (nSPS) is 14.0. The van der Waals surface area contributed by atoms with Crippen LogP contribution in [0.15, 0.2) is 67.0 Å². The third-order valence-corrected chi connectivity index (χ3v) is 4.89. The zero-order chi connectivity index (χ0) is 19.3. The van der Waals surface area contributed by atoms with Gasteiger partial charge in [-0.15, -0.1) is 0 Å². The molecule has 142 valence electrons. The molecule has 0 unspecified atom stereocenters. The third-order valence-electron chi connectivity index (χ3n) is 4.89. The number of nitrogens with one attached hydrogen (secondary N) is 1. The molecule has 0 saturated carbocycles. The van der Waals surface area contributed by atoms with Gasteiger partial charge in [0.25, 0.3) is 5.91 Å². The van der Waals surface area contributed by atoms with Crippen LogP contribution in [0, 0.1) is 6.92 Å². The van der Waals surface area contributed by atoms with Crippen molar-refractivity contribution in [2.24, 2.45) is 0 Å². The highest BCUT2D eigenvalue weighted by Crippen LogP contribution is 2.19. The Kier molecular flexibility index (Phi) is 5.19. The van der Waals surface area contributed by atoms with Crippen LogP contribution in [0.3, 0.4) is 0 Å². The minimum atomic E-state index is -0.125. The molecule has 4 rings (SSSR count). The molecular weight excluding hydrogens is 350 g/mol. The third kappa shape index (κ3) is 4.11. The molecule has 0 bridgehead atoms. The zero-order valence-electron chi connectivity index (χ0n) is 15.9. The number of nitrogens with zero attached hydrogens (tertiary/aromatic N) is 4. The number of carbonyl (C=O) groups is 1. The Hall–Kier alpha value is -3.41. The van der Waals surface area contributed by atoms with Gasteiger partial charge in [-0.05, 0) is 43.3 Å². The molecule has 1 aromatic carbocycles. The van der Waals surface area contributed by atoms with Crippen molar-refractivity contribution in [3.05, 3.63) is 78.1 Å². The second kappa shape index (κ2) is 8.08. The molecule has 1 aliphatic rings. The lowest BCUT2D eigenvalue weighted by atomic mass is 10.2. The van der Waals surface area contributed by atoms with E-state index in [1.807, 2.05) is 61.7 Å². The van der Waals surface area contributed by atoms with Gasteiger partial charge in [-0.1, -0.05) is 23.8 Å². The molecule has 2 aromatic heterocycles. The summed E-state index contributed by atoms with van der Waals surface area (Å²) in [5.74, 6) is 1.71. The lowest BCUT2D eigenvalue weighted by Gasteiger charge is -2.36. The number of amides is 1. The van der Waals surface area contributed by atoms with E-state index >= 15 is 0 Å². The molecule has 1 fully saturated rings. The SMILES string of the molecule is Cc1ccc(NC(=O)c2ccnc(N3CCN(c4ccccn4)CC3)c2)cc1. The average Bonchev–Trinajstić information content (AvgIpc) is 2.76. The highest BCUT2D eigenvalue weighted by atomic mass is 16.1. The Balaban J connectivity index is 1.41. The molecule has 28 heavy (non-hydrogen) atoms. The summed E-state index contributed by atoms with van der Waals surface area (Å²) < 4.78 is 0. The van der Waals surface area contributed by atoms with E-state index in [1.165, 1.54) is 0 Å².